The molecule has 1 fully saturated rings. The highest BCUT2D eigenvalue weighted by Crippen LogP contribution is 2.16. The number of carbonyl (C=O) groups is 1. The van der Waals surface area contributed by atoms with Crippen LogP contribution in [0.3, 0.4) is 0 Å². The second-order valence-electron chi connectivity index (χ2n) is 4.28. The first-order valence-electron chi connectivity index (χ1n) is 5.98. The molecule has 88 valence electrons. The van der Waals surface area contributed by atoms with Gasteiger partial charge in [0.2, 0.25) is 5.91 Å². The summed E-state index contributed by atoms with van der Waals surface area (Å²) in [4.78, 5) is 11.5. The third-order valence-corrected chi connectivity index (χ3v) is 2.92. The minimum atomic E-state index is 0.163. The van der Waals surface area contributed by atoms with E-state index in [9.17, 15) is 4.79 Å². The normalized spacial score (nSPS) is 26.3. The van der Waals surface area contributed by atoms with E-state index in [4.69, 9.17) is 5.73 Å². The molecule has 1 aliphatic rings. The van der Waals surface area contributed by atoms with E-state index < -0.39 is 0 Å². The van der Waals surface area contributed by atoms with E-state index in [0.717, 1.165) is 38.8 Å². The molecule has 1 rings (SSSR count). The molecular formula is C11H23N3O. The maximum absolute atomic E-state index is 11.5. The zero-order valence-corrected chi connectivity index (χ0v) is 9.59. The highest BCUT2D eigenvalue weighted by Gasteiger charge is 2.19. The average molecular weight is 213 g/mol. The van der Waals surface area contributed by atoms with Gasteiger partial charge in [-0.15, -0.1) is 0 Å². The molecule has 15 heavy (non-hydrogen) atoms. The number of hydrogen-bond donors (Lipinski definition) is 3. The lowest BCUT2D eigenvalue weighted by molar-refractivity contribution is -0.121. The Labute approximate surface area is 92.0 Å². The third-order valence-electron chi connectivity index (χ3n) is 2.92. The fourth-order valence-electron chi connectivity index (χ4n) is 1.94. The van der Waals surface area contributed by atoms with E-state index in [1.54, 1.807) is 0 Å². The van der Waals surface area contributed by atoms with Crippen LogP contribution in [0.25, 0.3) is 0 Å². The van der Waals surface area contributed by atoms with Crippen molar-refractivity contribution in [1.82, 2.24) is 10.6 Å². The monoisotopic (exact) mass is 213 g/mol. The van der Waals surface area contributed by atoms with E-state index in [1.165, 1.54) is 0 Å². The fourth-order valence-corrected chi connectivity index (χ4v) is 1.94. The van der Waals surface area contributed by atoms with Crippen LogP contribution in [0.2, 0.25) is 0 Å². The van der Waals surface area contributed by atoms with E-state index in [-0.39, 0.29) is 5.91 Å². The molecule has 1 aliphatic carbocycles. The van der Waals surface area contributed by atoms with Crippen molar-refractivity contribution in [3.63, 3.8) is 0 Å². The summed E-state index contributed by atoms with van der Waals surface area (Å²) in [6.45, 7) is 3.74. The lowest BCUT2D eigenvalue weighted by Crippen LogP contribution is -2.41. The maximum Gasteiger partial charge on any atom is 0.221 e. The summed E-state index contributed by atoms with van der Waals surface area (Å²) < 4.78 is 0. The zero-order valence-electron chi connectivity index (χ0n) is 9.59. The highest BCUT2D eigenvalue weighted by molar-refractivity contribution is 5.76. The predicted octanol–water partition coefficient (Wildman–Crippen LogP) is 0.372. The van der Waals surface area contributed by atoms with Gasteiger partial charge in [-0.05, 0) is 32.2 Å². The van der Waals surface area contributed by atoms with E-state index >= 15 is 0 Å². The van der Waals surface area contributed by atoms with Crippen LogP contribution < -0.4 is 16.4 Å². The zero-order chi connectivity index (χ0) is 11.1. The molecule has 0 aromatic heterocycles. The van der Waals surface area contributed by atoms with Gasteiger partial charge in [0, 0.05) is 25.0 Å². The molecule has 4 N–H and O–H groups in total. The van der Waals surface area contributed by atoms with Gasteiger partial charge in [-0.1, -0.05) is 6.92 Å². The van der Waals surface area contributed by atoms with Gasteiger partial charge < -0.3 is 16.4 Å². The smallest absolute Gasteiger partial charge is 0.221 e. The Morgan fingerprint density at radius 1 is 1.33 bits per heavy atom. The summed E-state index contributed by atoms with van der Waals surface area (Å²) in [6.07, 6.45) is 4.73. The van der Waals surface area contributed by atoms with Crippen LogP contribution in [0, 0.1) is 0 Å². The van der Waals surface area contributed by atoms with Gasteiger partial charge in [-0.2, -0.15) is 0 Å². The van der Waals surface area contributed by atoms with Gasteiger partial charge >= 0.3 is 0 Å². The van der Waals surface area contributed by atoms with Crippen molar-refractivity contribution in [1.29, 1.82) is 0 Å². The van der Waals surface area contributed by atoms with Gasteiger partial charge in [-0.25, -0.2) is 0 Å². The number of carbonyl (C=O) groups excluding carboxylic acids is 1. The van der Waals surface area contributed by atoms with Gasteiger partial charge in [0.1, 0.15) is 0 Å². The Balaban J connectivity index is 2.09. The topological polar surface area (TPSA) is 67.2 Å². The van der Waals surface area contributed by atoms with Gasteiger partial charge in [-0.3, -0.25) is 4.79 Å². The van der Waals surface area contributed by atoms with Crippen molar-refractivity contribution >= 4 is 5.91 Å². The number of nitrogens with two attached hydrogens (primary N) is 1. The molecule has 0 radical (unpaired) electrons. The second-order valence-corrected chi connectivity index (χ2v) is 4.28. The van der Waals surface area contributed by atoms with Gasteiger partial charge in [0.15, 0.2) is 0 Å². The standard InChI is InChI=1S/C11H23N3O/c1-2-13-8-7-11(15)14-10-5-3-9(12)4-6-10/h9-10,13H,2-8,12H2,1H3,(H,14,15). The lowest BCUT2D eigenvalue weighted by Gasteiger charge is -2.26. The maximum atomic E-state index is 11.5. The van der Waals surface area contributed by atoms with Crippen molar-refractivity contribution in [2.45, 2.75) is 51.1 Å². The first-order valence-corrected chi connectivity index (χ1v) is 5.98. The summed E-state index contributed by atoms with van der Waals surface area (Å²) in [6, 6.07) is 0.707. The van der Waals surface area contributed by atoms with Crippen LogP contribution in [-0.2, 0) is 4.79 Å². The molecule has 0 unspecified atom stereocenters. The molecule has 1 saturated carbocycles. The van der Waals surface area contributed by atoms with E-state index in [2.05, 4.69) is 10.6 Å². The average Bonchev–Trinajstić information content (AvgIpc) is 2.22. The van der Waals surface area contributed by atoms with Crippen LogP contribution in [0.15, 0.2) is 0 Å². The molecule has 0 aliphatic heterocycles. The number of hydrogen-bond acceptors (Lipinski definition) is 3. The summed E-state index contributed by atoms with van der Waals surface area (Å²) in [7, 11) is 0. The molecule has 4 heteroatoms. The summed E-state index contributed by atoms with van der Waals surface area (Å²) in [5.41, 5.74) is 5.80. The van der Waals surface area contributed by atoms with Crippen molar-refractivity contribution in [2.75, 3.05) is 13.1 Å². The predicted molar refractivity (Wildman–Crippen MR) is 61.5 cm³/mol. The highest BCUT2D eigenvalue weighted by atomic mass is 16.1. The molecule has 0 aromatic carbocycles. The molecule has 0 saturated heterocycles. The van der Waals surface area contributed by atoms with Gasteiger partial charge in [0.05, 0.1) is 0 Å². The molecule has 1 amide bonds. The minimum Gasteiger partial charge on any atom is -0.353 e. The molecule has 4 nitrogen and oxygen atoms in total. The molecule has 0 bridgehead atoms. The van der Waals surface area contributed by atoms with Crippen LogP contribution in [0.4, 0.5) is 0 Å². The van der Waals surface area contributed by atoms with Crippen LogP contribution in [-0.4, -0.2) is 31.1 Å². The molecule has 0 atom stereocenters. The van der Waals surface area contributed by atoms with Crippen LogP contribution >= 0.6 is 0 Å². The Kier molecular flexibility index (Phi) is 5.65. The van der Waals surface area contributed by atoms with Gasteiger partial charge in [0.25, 0.3) is 0 Å². The first kappa shape index (κ1) is 12.5. The first-order chi connectivity index (χ1) is 7.22. The summed E-state index contributed by atoms with van der Waals surface area (Å²) >= 11 is 0. The minimum absolute atomic E-state index is 0.163. The molecule has 0 spiro atoms. The fraction of sp³-hybridized carbons (Fsp3) is 0.909. The SMILES string of the molecule is CCNCCC(=O)NC1CCC(N)CC1. The molecular weight excluding hydrogens is 190 g/mol. The molecule has 0 aromatic rings. The molecule has 0 heterocycles. The van der Waals surface area contributed by atoms with Crippen LogP contribution in [0.1, 0.15) is 39.0 Å². The Morgan fingerprint density at radius 2 is 2.00 bits per heavy atom. The quantitative estimate of drug-likeness (QED) is 0.578. The summed E-state index contributed by atoms with van der Waals surface area (Å²) in [5, 5.41) is 6.21. The Hall–Kier alpha value is -0.610. The number of amides is 1. The number of rotatable bonds is 5. The second kappa shape index (κ2) is 6.80. The third kappa shape index (κ3) is 5.14. The van der Waals surface area contributed by atoms with Crippen molar-refractivity contribution < 1.29 is 4.79 Å². The van der Waals surface area contributed by atoms with Crippen LogP contribution in [0.5, 0.6) is 0 Å². The van der Waals surface area contributed by atoms with Crippen molar-refractivity contribution in [2.24, 2.45) is 5.73 Å². The Morgan fingerprint density at radius 3 is 2.60 bits per heavy atom. The van der Waals surface area contributed by atoms with Crippen molar-refractivity contribution in [3.05, 3.63) is 0 Å². The summed E-state index contributed by atoms with van der Waals surface area (Å²) in [5.74, 6) is 0.163. The van der Waals surface area contributed by atoms with E-state index in [0.29, 0.717) is 18.5 Å². The van der Waals surface area contributed by atoms with Crippen molar-refractivity contribution in [3.8, 4) is 0 Å². The number of nitrogens with one attached hydrogen (secondary N) is 2. The Bertz CT molecular complexity index is 188. The van der Waals surface area contributed by atoms with E-state index in [1.807, 2.05) is 6.92 Å². The lowest BCUT2D eigenvalue weighted by atomic mass is 9.92. The largest absolute Gasteiger partial charge is 0.353 e.